The summed E-state index contributed by atoms with van der Waals surface area (Å²) >= 11 is 0. The van der Waals surface area contributed by atoms with Gasteiger partial charge < -0.3 is 9.32 Å². The van der Waals surface area contributed by atoms with Gasteiger partial charge in [0.2, 0.25) is 5.78 Å². The van der Waals surface area contributed by atoms with E-state index in [2.05, 4.69) is 0 Å². The fourth-order valence-electron chi connectivity index (χ4n) is 2.49. The molecule has 0 amide bonds. The number of carbonyl (C=O) groups excluding carboxylic acids is 1. The fraction of sp³-hybridized carbons (Fsp3) is 0. The molecule has 124 valence electrons. The second-order valence-corrected chi connectivity index (χ2v) is 5.29. The predicted octanol–water partition coefficient (Wildman–Crippen LogP) is 4.19. The SMILES string of the molecule is N#CC(C#N)=C1C=CC=CN1/C(=C/c1ccco1)C(=O)c1ccccc1. The fourth-order valence-corrected chi connectivity index (χ4v) is 2.49. The number of rotatable bonds is 4. The summed E-state index contributed by atoms with van der Waals surface area (Å²) < 4.78 is 5.35. The van der Waals surface area contributed by atoms with Crippen molar-refractivity contribution in [3.8, 4) is 12.1 Å². The van der Waals surface area contributed by atoms with Gasteiger partial charge in [0.05, 0.1) is 17.7 Å². The summed E-state index contributed by atoms with van der Waals surface area (Å²) in [4.78, 5) is 14.6. The maximum atomic E-state index is 13.1. The Balaban J connectivity index is 2.15. The molecule has 1 aliphatic rings. The van der Waals surface area contributed by atoms with Crippen LogP contribution in [0.5, 0.6) is 0 Å². The van der Waals surface area contributed by atoms with E-state index in [1.54, 1.807) is 66.9 Å². The number of carbonyl (C=O) groups is 1. The molecule has 1 aromatic heterocycles. The van der Waals surface area contributed by atoms with Crippen molar-refractivity contribution in [2.24, 2.45) is 0 Å². The average molecular weight is 339 g/mol. The van der Waals surface area contributed by atoms with Gasteiger partial charge in [-0.3, -0.25) is 4.79 Å². The zero-order valence-electron chi connectivity index (χ0n) is 13.7. The minimum Gasteiger partial charge on any atom is -0.465 e. The maximum Gasteiger partial charge on any atom is 0.209 e. The Bertz CT molecular complexity index is 995. The van der Waals surface area contributed by atoms with Crippen LogP contribution in [0.15, 0.2) is 94.5 Å². The molecule has 26 heavy (non-hydrogen) atoms. The van der Waals surface area contributed by atoms with E-state index >= 15 is 0 Å². The first-order chi connectivity index (χ1) is 12.7. The minimum absolute atomic E-state index is 0.0863. The number of nitriles is 2. The summed E-state index contributed by atoms with van der Waals surface area (Å²) in [6.07, 6.45) is 9.79. The van der Waals surface area contributed by atoms with E-state index in [-0.39, 0.29) is 17.1 Å². The monoisotopic (exact) mass is 339 g/mol. The molecule has 5 nitrogen and oxygen atoms in total. The van der Waals surface area contributed by atoms with Gasteiger partial charge in [0.25, 0.3) is 0 Å². The highest BCUT2D eigenvalue weighted by molar-refractivity contribution is 6.11. The summed E-state index contributed by atoms with van der Waals surface area (Å²) in [7, 11) is 0. The van der Waals surface area contributed by atoms with Crippen LogP contribution >= 0.6 is 0 Å². The Morgan fingerprint density at radius 2 is 1.81 bits per heavy atom. The molecule has 0 N–H and O–H groups in total. The molecule has 0 aliphatic carbocycles. The number of allylic oxidation sites excluding steroid dienone is 5. The first-order valence-corrected chi connectivity index (χ1v) is 7.78. The molecule has 0 saturated heterocycles. The van der Waals surface area contributed by atoms with Crippen molar-refractivity contribution in [2.75, 3.05) is 0 Å². The highest BCUT2D eigenvalue weighted by atomic mass is 16.3. The summed E-state index contributed by atoms with van der Waals surface area (Å²) in [6.45, 7) is 0. The first-order valence-electron chi connectivity index (χ1n) is 7.78. The highest BCUT2D eigenvalue weighted by Crippen LogP contribution is 2.26. The summed E-state index contributed by atoms with van der Waals surface area (Å²) in [5.41, 5.74) is 1.00. The molecule has 0 spiro atoms. The number of hydrogen-bond donors (Lipinski definition) is 0. The summed E-state index contributed by atoms with van der Waals surface area (Å²) in [5.74, 6) is 0.233. The summed E-state index contributed by atoms with van der Waals surface area (Å²) in [5, 5.41) is 18.5. The third-order valence-electron chi connectivity index (χ3n) is 3.69. The number of hydrogen-bond acceptors (Lipinski definition) is 5. The molecule has 1 aliphatic heterocycles. The lowest BCUT2D eigenvalue weighted by Crippen LogP contribution is -2.24. The molecule has 3 rings (SSSR count). The standard InChI is InChI=1S/C21H13N3O2/c22-14-17(15-23)19-10-4-5-11-24(19)20(13-18-9-6-12-26-18)21(25)16-7-2-1-3-8-16/h1-13H/b20-13+. The number of furan rings is 1. The smallest absolute Gasteiger partial charge is 0.209 e. The molecule has 0 bridgehead atoms. The van der Waals surface area contributed by atoms with Crippen LogP contribution in [0.25, 0.3) is 6.08 Å². The lowest BCUT2D eigenvalue weighted by atomic mass is 10.0. The number of ketones is 1. The van der Waals surface area contributed by atoms with Crippen LogP contribution in [0.2, 0.25) is 0 Å². The van der Waals surface area contributed by atoms with E-state index in [4.69, 9.17) is 4.42 Å². The molecule has 0 atom stereocenters. The average Bonchev–Trinajstić information content (AvgIpc) is 3.21. The van der Waals surface area contributed by atoms with Gasteiger partial charge >= 0.3 is 0 Å². The summed E-state index contributed by atoms with van der Waals surface area (Å²) in [6, 6.07) is 16.0. The molecule has 0 radical (unpaired) electrons. The lowest BCUT2D eigenvalue weighted by molar-refractivity contribution is 0.101. The third-order valence-corrected chi connectivity index (χ3v) is 3.69. The second kappa shape index (κ2) is 7.65. The van der Waals surface area contributed by atoms with Crippen molar-refractivity contribution in [3.63, 3.8) is 0 Å². The molecular formula is C21H13N3O2. The highest BCUT2D eigenvalue weighted by Gasteiger charge is 2.23. The van der Waals surface area contributed by atoms with E-state index in [1.807, 2.05) is 18.2 Å². The van der Waals surface area contributed by atoms with E-state index in [0.717, 1.165) is 0 Å². The molecule has 5 heteroatoms. The molecule has 1 aromatic carbocycles. The second-order valence-electron chi connectivity index (χ2n) is 5.29. The van der Waals surface area contributed by atoms with Crippen molar-refractivity contribution in [1.82, 2.24) is 4.90 Å². The van der Waals surface area contributed by atoms with Crippen LogP contribution in [0.1, 0.15) is 16.1 Å². The van der Waals surface area contributed by atoms with Crippen LogP contribution in [0.3, 0.4) is 0 Å². The van der Waals surface area contributed by atoms with Gasteiger partial charge in [-0.1, -0.05) is 36.4 Å². The molecule has 2 heterocycles. The molecular weight excluding hydrogens is 326 g/mol. The van der Waals surface area contributed by atoms with Gasteiger partial charge in [0.15, 0.2) is 5.57 Å². The van der Waals surface area contributed by atoms with Gasteiger partial charge in [0.1, 0.15) is 17.9 Å². The van der Waals surface area contributed by atoms with Crippen molar-refractivity contribution in [1.29, 1.82) is 10.5 Å². The molecule has 2 aromatic rings. The van der Waals surface area contributed by atoms with Crippen LogP contribution in [-0.4, -0.2) is 10.7 Å². The van der Waals surface area contributed by atoms with Gasteiger partial charge in [-0.25, -0.2) is 0 Å². The lowest BCUT2D eigenvalue weighted by Gasteiger charge is -2.25. The molecule has 0 fully saturated rings. The van der Waals surface area contributed by atoms with Gasteiger partial charge in [-0.15, -0.1) is 0 Å². The van der Waals surface area contributed by atoms with Gasteiger partial charge in [-0.2, -0.15) is 10.5 Å². The van der Waals surface area contributed by atoms with E-state index < -0.39 is 0 Å². The molecule has 0 unspecified atom stereocenters. The Morgan fingerprint density at radius 1 is 1.04 bits per heavy atom. The Morgan fingerprint density at radius 3 is 2.46 bits per heavy atom. The Hall–Kier alpha value is -4.09. The zero-order valence-corrected chi connectivity index (χ0v) is 13.7. The van der Waals surface area contributed by atoms with Crippen LogP contribution in [-0.2, 0) is 0 Å². The third kappa shape index (κ3) is 3.38. The normalized spacial score (nSPS) is 13.2. The Labute approximate surface area is 150 Å². The van der Waals surface area contributed by atoms with Gasteiger partial charge in [-0.05, 0) is 24.3 Å². The van der Waals surface area contributed by atoms with Gasteiger partial charge in [0, 0.05) is 17.8 Å². The van der Waals surface area contributed by atoms with Crippen LogP contribution in [0.4, 0.5) is 0 Å². The largest absolute Gasteiger partial charge is 0.465 e. The van der Waals surface area contributed by atoms with Crippen molar-refractivity contribution >= 4 is 11.9 Å². The van der Waals surface area contributed by atoms with Crippen molar-refractivity contribution in [3.05, 3.63) is 101 Å². The number of benzene rings is 1. The van der Waals surface area contributed by atoms with Crippen LogP contribution < -0.4 is 0 Å². The Kier molecular flexibility index (Phi) is 4.93. The van der Waals surface area contributed by atoms with E-state index in [9.17, 15) is 15.3 Å². The van der Waals surface area contributed by atoms with Crippen molar-refractivity contribution < 1.29 is 9.21 Å². The van der Waals surface area contributed by atoms with Crippen LogP contribution in [0, 0.1) is 22.7 Å². The zero-order chi connectivity index (χ0) is 18.4. The number of Topliss-reactive ketones (excluding diaryl/α,β-unsaturated/α-hetero) is 1. The first kappa shape index (κ1) is 16.8. The molecule has 0 saturated carbocycles. The number of nitrogens with zero attached hydrogens (tertiary/aromatic N) is 3. The topological polar surface area (TPSA) is 81.0 Å². The minimum atomic E-state index is -0.255. The maximum absolute atomic E-state index is 13.1. The van der Waals surface area contributed by atoms with E-state index in [0.29, 0.717) is 17.0 Å². The van der Waals surface area contributed by atoms with Crippen molar-refractivity contribution in [2.45, 2.75) is 0 Å². The predicted molar refractivity (Wildman–Crippen MR) is 95.8 cm³/mol. The van der Waals surface area contributed by atoms with E-state index in [1.165, 1.54) is 11.2 Å². The quantitative estimate of drug-likeness (QED) is 0.474.